The molecule has 1 atom stereocenters. The molecule has 4 nitrogen and oxygen atoms in total. The van der Waals surface area contributed by atoms with Gasteiger partial charge in [0.25, 0.3) is 0 Å². The molecule has 1 aromatic carbocycles. The van der Waals surface area contributed by atoms with Gasteiger partial charge in [-0.25, -0.2) is 0 Å². The molecule has 2 heterocycles. The van der Waals surface area contributed by atoms with E-state index >= 15 is 0 Å². The Balaban J connectivity index is 0.00000176. The van der Waals surface area contributed by atoms with Crippen molar-refractivity contribution in [3.05, 3.63) is 29.8 Å². The standard InChI is InChI=1S/C17H25N3O.HI/c18-17(20-10-5-1-2-6-11-20)19-13-14-9-12-21-16-8-4-3-7-15(14)16;/h3-4,7-8,14H,1-2,5-6,9-13H2,(H2,18,19);1H. The zero-order valence-electron chi connectivity index (χ0n) is 13.0. The number of aliphatic imine (C=N–C) groups is 1. The first-order chi connectivity index (χ1) is 10.3. The lowest BCUT2D eigenvalue weighted by Gasteiger charge is -2.26. The number of likely N-dealkylation sites (tertiary alicyclic amines) is 1. The molecule has 0 spiro atoms. The van der Waals surface area contributed by atoms with Crippen molar-refractivity contribution < 1.29 is 4.74 Å². The van der Waals surface area contributed by atoms with Crippen LogP contribution < -0.4 is 10.5 Å². The fraction of sp³-hybridized carbons (Fsp3) is 0.588. The number of guanidine groups is 1. The van der Waals surface area contributed by atoms with Gasteiger partial charge in [0, 0.05) is 25.6 Å². The van der Waals surface area contributed by atoms with Crippen LogP contribution in [-0.2, 0) is 0 Å². The van der Waals surface area contributed by atoms with Crippen molar-refractivity contribution >= 4 is 29.9 Å². The number of hydrogen-bond donors (Lipinski definition) is 1. The van der Waals surface area contributed by atoms with Crippen LogP contribution in [0.5, 0.6) is 5.75 Å². The van der Waals surface area contributed by atoms with Gasteiger partial charge in [-0.1, -0.05) is 31.0 Å². The largest absolute Gasteiger partial charge is 0.493 e. The minimum Gasteiger partial charge on any atom is -0.493 e. The Morgan fingerprint density at radius 2 is 1.91 bits per heavy atom. The fourth-order valence-electron chi connectivity index (χ4n) is 3.21. The Kier molecular flexibility index (Phi) is 6.79. The van der Waals surface area contributed by atoms with E-state index in [0.29, 0.717) is 5.92 Å². The number of para-hydroxylation sites is 1. The van der Waals surface area contributed by atoms with Crippen LogP contribution in [0, 0.1) is 0 Å². The summed E-state index contributed by atoms with van der Waals surface area (Å²) in [6.07, 6.45) is 6.12. The topological polar surface area (TPSA) is 50.9 Å². The first-order valence-corrected chi connectivity index (χ1v) is 8.11. The Bertz CT molecular complexity index is 498. The molecule has 5 heteroatoms. The highest BCUT2D eigenvalue weighted by molar-refractivity contribution is 14.0. The molecule has 2 aliphatic rings. The molecule has 1 fully saturated rings. The number of rotatable bonds is 2. The number of fused-ring (bicyclic) bond motifs is 1. The van der Waals surface area contributed by atoms with Crippen LogP contribution >= 0.6 is 24.0 Å². The quantitative estimate of drug-likeness (QED) is 0.458. The maximum atomic E-state index is 6.20. The average molecular weight is 415 g/mol. The lowest BCUT2D eigenvalue weighted by Crippen LogP contribution is -2.38. The Hall–Kier alpha value is -0.980. The van der Waals surface area contributed by atoms with Crippen molar-refractivity contribution in [1.29, 1.82) is 0 Å². The lowest BCUT2D eigenvalue weighted by atomic mass is 9.93. The average Bonchev–Trinajstić information content (AvgIpc) is 2.82. The Labute approximate surface area is 150 Å². The second-order valence-corrected chi connectivity index (χ2v) is 5.97. The van der Waals surface area contributed by atoms with Gasteiger partial charge in [0.05, 0.1) is 6.61 Å². The predicted molar refractivity (Wildman–Crippen MR) is 101 cm³/mol. The maximum Gasteiger partial charge on any atom is 0.191 e. The zero-order valence-corrected chi connectivity index (χ0v) is 15.4. The Morgan fingerprint density at radius 1 is 1.18 bits per heavy atom. The summed E-state index contributed by atoms with van der Waals surface area (Å²) in [4.78, 5) is 6.93. The number of nitrogens with two attached hydrogens (primary N) is 1. The summed E-state index contributed by atoms with van der Waals surface area (Å²) in [5.41, 5.74) is 7.47. The van der Waals surface area contributed by atoms with Gasteiger partial charge in [0.15, 0.2) is 5.96 Å². The molecule has 0 aromatic heterocycles. The first-order valence-electron chi connectivity index (χ1n) is 8.11. The molecule has 0 saturated carbocycles. The summed E-state index contributed by atoms with van der Waals surface area (Å²) in [6.45, 7) is 3.66. The van der Waals surface area contributed by atoms with Crippen LogP contribution in [0.15, 0.2) is 29.3 Å². The monoisotopic (exact) mass is 415 g/mol. The number of nitrogens with zero attached hydrogens (tertiary/aromatic N) is 2. The minimum atomic E-state index is 0. The van der Waals surface area contributed by atoms with E-state index in [1.54, 1.807) is 0 Å². The van der Waals surface area contributed by atoms with Gasteiger partial charge in [0.1, 0.15) is 5.75 Å². The Morgan fingerprint density at radius 3 is 2.68 bits per heavy atom. The molecule has 1 unspecified atom stereocenters. The van der Waals surface area contributed by atoms with E-state index in [2.05, 4.69) is 22.0 Å². The molecule has 1 saturated heterocycles. The highest BCUT2D eigenvalue weighted by Gasteiger charge is 2.21. The van der Waals surface area contributed by atoms with E-state index in [1.807, 2.05) is 12.1 Å². The predicted octanol–water partition coefficient (Wildman–Crippen LogP) is 3.36. The molecular formula is C17H26IN3O. The smallest absolute Gasteiger partial charge is 0.191 e. The number of hydrogen-bond acceptors (Lipinski definition) is 2. The van der Waals surface area contributed by atoms with Crippen molar-refractivity contribution in [3.8, 4) is 5.75 Å². The maximum absolute atomic E-state index is 6.20. The van der Waals surface area contributed by atoms with Gasteiger partial charge in [0.2, 0.25) is 0 Å². The summed E-state index contributed by atoms with van der Waals surface area (Å²) in [5.74, 6) is 2.17. The molecule has 3 rings (SSSR count). The molecule has 2 N–H and O–H groups in total. The van der Waals surface area contributed by atoms with Crippen LogP contribution in [0.2, 0.25) is 0 Å². The fourth-order valence-corrected chi connectivity index (χ4v) is 3.21. The molecule has 0 bridgehead atoms. The van der Waals surface area contributed by atoms with E-state index < -0.39 is 0 Å². The first kappa shape index (κ1) is 17.4. The SMILES string of the molecule is I.NC(=NCC1CCOc2ccccc21)N1CCCCCC1. The highest BCUT2D eigenvalue weighted by Crippen LogP contribution is 2.33. The van der Waals surface area contributed by atoms with E-state index in [-0.39, 0.29) is 24.0 Å². The number of halogens is 1. The molecular weight excluding hydrogens is 389 g/mol. The third kappa shape index (κ3) is 4.27. The molecule has 0 amide bonds. The zero-order chi connectivity index (χ0) is 14.5. The molecule has 0 aliphatic carbocycles. The van der Waals surface area contributed by atoms with Crippen LogP contribution in [0.4, 0.5) is 0 Å². The molecule has 2 aliphatic heterocycles. The van der Waals surface area contributed by atoms with Crippen LogP contribution in [0.3, 0.4) is 0 Å². The summed E-state index contributed by atoms with van der Waals surface area (Å²) in [7, 11) is 0. The summed E-state index contributed by atoms with van der Waals surface area (Å²) in [5, 5.41) is 0. The van der Waals surface area contributed by atoms with Gasteiger partial charge < -0.3 is 15.4 Å². The molecule has 122 valence electrons. The van der Waals surface area contributed by atoms with Gasteiger partial charge in [-0.3, -0.25) is 4.99 Å². The third-order valence-corrected chi connectivity index (χ3v) is 4.49. The molecule has 1 aromatic rings. The second kappa shape index (κ2) is 8.60. The van der Waals surface area contributed by atoms with Gasteiger partial charge in [-0.2, -0.15) is 0 Å². The summed E-state index contributed by atoms with van der Waals surface area (Å²) in [6, 6.07) is 8.29. The van der Waals surface area contributed by atoms with Crippen molar-refractivity contribution in [2.24, 2.45) is 10.7 Å². The van der Waals surface area contributed by atoms with Crippen molar-refractivity contribution in [2.75, 3.05) is 26.2 Å². The molecule has 22 heavy (non-hydrogen) atoms. The van der Waals surface area contributed by atoms with Gasteiger partial charge >= 0.3 is 0 Å². The van der Waals surface area contributed by atoms with Crippen molar-refractivity contribution in [1.82, 2.24) is 4.90 Å². The van der Waals surface area contributed by atoms with E-state index in [0.717, 1.165) is 44.4 Å². The van der Waals surface area contributed by atoms with Crippen LogP contribution in [-0.4, -0.2) is 37.1 Å². The lowest BCUT2D eigenvalue weighted by molar-refractivity contribution is 0.268. The van der Waals surface area contributed by atoms with Crippen molar-refractivity contribution in [3.63, 3.8) is 0 Å². The normalized spacial score (nSPS) is 22.1. The number of ether oxygens (including phenoxy) is 1. The summed E-state index contributed by atoms with van der Waals surface area (Å²) < 4.78 is 5.70. The van der Waals surface area contributed by atoms with E-state index in [9.17, 15) is 0 Å². The second-order valence-electron chi connectivity index (χ2n) is 5.97. The van der Waals surface area contributed by atoms with Gasteiger partial charge in [-0.15, -0.1) is 24.0 Å². The van der Waals surface area contributed by atoms with Gasteiger partial charge in [-0.05, 0) is 30.9 Å². The van der Waals surface area contributed by atoms with Crippen LogP contribution in [0.1, 0.15) is 43.6 Å². The highest BCUT2D eigenvalue weighted by atomic mass is 127. The van der Waals surface area contributed by atoms with Crippen molar-refractivity contribution in [2.45, 2.75) is 38.0 Å². The van der Waals surface area contributed by atoms with Crippen LogP contribution in [0.25, 0.3) is 0 Å². The summed E-state index contributed by atoms with van der Waals surface area (Å²) >= 11 is 0. The molecule has 0 radical (unpaired) electrons. The third-order valence-electron chi connectivity index (χ3n) is 4.49. The van der Waals surface area contributed by atoms with E-state index in [1.165, 1.54) is 31.2 Å². The number of benzene rings is 1. The van der Waals surface area contributed by atoms with E-state index in [4.69, 9.17) is 10.5 Å². The minimum absolute atomic E-state index is 0.